The lowest BCUT2D eigenvalue weighted by Crippen LogP contribution is -2.56. The summed E-state index contributed by atoms with van der Waals surface area (Å²) in [5.74, 6) is 0.154. The maximum atomic E-state index is 11.1. The van der Waals surface area contributed by atoms with Gasteiger partial charge in [0.15, 0.2) is 0 Å². The summed E-state index contributed by atoms with van der Waals surface area (Å²) >= 11 is 0. The molecule has 4 nitrogen and oxygen atoms in total. The first-order chi connectivity index (χ1) is 6.24. The van der Waals surface area contributed by atoms with Crippen LogP contribution < -0.4 is 10.6 Å². The van der Waals surface area contributed by atoms with Crippen LogP contribution in [0.15, 0.2) is 0 Å². The second kappa shape index (κ2) is 5.19. The number of likely N-dealkylation sites (N-methyl/N-ethyl adjacent to an activating group) is 1. The van der Waals surface area contributed by atoms with Crippen molar-refractivity contribution in [1.29, 1.82) is 0 Å². The molecule has 1 fully saturated rings. The first kappa shape index (κ1) is 10.5. The van der Waals surface area contributed by atoms with E-state index in [2.05, 4.69) is 22.6 Å². The molecule has 1 amide bonds. The van der Waals surface area contributed by atoms with E-state index >= 15 is 0 Å². The molecule has 0 saturated carbocycles. The number of carbonyl (C=O) groups is 1. The highest BCUT2D eigenvalue weighted by atomic mass is 16.1. The number of nitrogens with zero attached hydrogens (tertiary/aromatic N) is 1. The molecule has 0 aromatic carbocycles. The zero-order valence-corrected chi connectivity index (χ0v) is 8.47. The van der Waals surface area contributed by atoms with Crippen molar-refractivity contribution >= 4 is 5.91 Å². The van der Waals surface area contributed by atoms with Gasteiger partial charge in [-0.1, -0.05) is 0 Å². The second-order valence-corrected chi connectivity index (χ2v) is 3.50. The smallest absolute Gasteiger partial charge is 0.221 e. The van der Waals surface area contributed by atoms with Crippen molar-refractivity contribution in [2.24, 2.45) is 0 Å². The lowest BCUT2D eigenvalue weighted by Gasteiger charge is -2.35. The highest BCUT2D eigenvalue weighted by molar-refractivity contribution is 5.75. The Bertz CT molecular complexity index is 168. The number of rotatable bonds is 5. The summed E-state index contributed by atoms with van der Waals surface area (Å²) < 4.78 is 0. The molecule has 0 spiro atoms. The largest absolute Gasteiger partial charge is 0.356 e. The van der Waals surface area contributed by atoms with Crippen molar-refractivity contribution < 1.29 is 4.79 Å². The molecule has 0 radical (unpaired) electrons. The van der Waals surface area contributed by atoms with Gasteiger partial charge in [0, 0.05) is 38.6 Å². The quantitative estimate of drug-likeness (QED) is 0.602. The topological polar surface area (TPSA) is 44.4 Å². The van der Waals surface area contributed by atoms with Crippen LogP contribution >= 0.6 is 0 Å². The minimum absolute atomic E-state index is 0.154. The van der Waals surface area contributed by atoms with Gasteiger partial charge < -0.3 is 15.5 Å². The Morgan fingerprint density at radius 2 is 2.31 bits per heavy atom. The molecule has 0 aliphatic carbocycles. The first-order valence-electron chi connectivity index (χ1n) is 4.91. The third-order valence-electron chi connectivity index (χ3n) is 2.45. The maximum absolute atomic E-state index is 11.1. The van der Waals surface area contributed by atoms with Gasteiger partial charge in [-0.05, 0) is 14.0 Å². The van der Waals surface area contributed by atoms with E-state index in [9.17, 15) is 4.79 Å². The van der Waals surface area contributed by atoms with E-state index in [1.165, 1.54) is 0 Å². The SMILES string of the molecule is CCNC(=O)CCN(C)C1CNC1. The van der Waals surface area contributed by atoms with Crippen molar-refractivity contribution in [3.05, 3.63) is 0 Å². The van der Waals surface area contributed by atoms with E-state index < -0.39 is 0 Å². The molecule has 0 bridgehead atoms. The molecule has 1 saturated heterocycles. The van der Waals surface area contributed by atoms with Crippen LogP contribution in [0.2, 0.25) is 0 Å². The van der Waals surface area contributed by atoms with Crippen molar-refractivity contribution in [3.63, 3.8) is 0 Å². The molecule has 13 heavy (non-hydrogen) atoms. The molecule has 1 aliphatic rings. The Labute approximate surface area is 79.7 Å². The van der Waals surface area contributed by atoms with E-state index in [1.54, 1.807) is 0 Å². The molecular weight excluding hydrogens is 166 g/mol. The number of amides is 1. The fourth-order valence-electron chi connectivity index (χ4n) is 1.33. The molecular formula is C9H19N3O. The molecule has 76 valence electrons. The van der Waals surface area contributed by atoms with E-state index in [0.29, 0.717) is 12.5 Å². The third-order valence-corrected chi connectivity index (χ3v) is 2.45. The maximum Gasteiger partial charge on any atom is 0.221 e. The summed E-state index contributed by atoms with van der Waals surface area (Å²) in [4.78, 5) is 13.4. The van der Waals surface area contributed by atoms with Gasteiger partial charge in [-0.3, -0.25) is 4.79 Å². The lowest BCUT2D eigenvalue weighted by molar-refractivity contribution is -0.121. The van der Waals surface area contributed by atoms with Crippen LogP contribution in [-0.4, -0.2) is 50.1 Å². The van der Waals surface area contributed by atoms with Crippen LogP contribution in [0.3, 0.4) is 0 Å². The molecule has 1 rings (SSSR count). The summed E-state index contributed by atoms with van der Waals surface area (Å²) in [6.45, 7) is 5.65. The van der Waals surface area contributed by atoms with E-state index in [0.717, 1.165) is 26.2 Å². The van der Waals surface area contributed by atoms with E-state index in [4.69, 9.17) is 0 Å². The Kier molecular flexibility index (Phi) is 4.18. The summed E-state index contributed by atoms with van der Waals surface area (Å²) in [5, 5.41) is 6.01. The molecule has 0 unspecified atom stereocenters. The fraction of sp³-hybridized carbons (Fsp3) is 0.889. The van der Waals surface area contributed by atoms with Crippen LogP contribution in [0, 0.1) is 0 Å². The van der Waals surface area contributed by atoms with Crippen LogP contribution in [0.4, 0.5) is 0 Å². The fourth-order valence-corrected chi connectivity index (χ4v) is 1.33. The summed E-state index contributed by atoms with van der Waals surface area (Å²) in [7, 11) is 2.07. The predicted octanol–water partition coefficient (Wildman–Crippen LogP) is -0.584. The van der Waals surface area contributed by atoms with Gasteiger partial charge >= 0.3 is 0 Å². The molecule has 0 aromatic rings. The average Bonchev–Trinajstić information content (AvgIpc) is 1.98. The number of carbonyl (C=O) groups excluding carboxylic acids is 1. The molecule has 1 heterocycles. The number of hydrogen-bond acceptors (Lipinski definition) is 3. The van der Waals surface area contributed by atoms with Gasteiger partial charge in [-0.2, -0.15) is 0 Å². The highest BCUT2D eigenvalue weighted by Gasteiger charge is 2.21. The Balaban J connectivity index is 2.06. The second-order valence-electron chi connectivity index (χ2n) is 3.50. The number of nitrogens with one attached hydrogen (secondary N) is 2. The minimum atomic E-state index is 0.154. The van der Waals surface area contributed by atoms with E-state index in [-0.39, 0.29) is 5.91 Å². The third kappa shape index (κ3) is 3.32. The summed E-state index contributed by atoms with van der Waals surface area (Å²) in [6, 6.07) is 0.634. The zero-order chi connectivity index (χ0) is 9.68. The minimum Gasteiger partial charge on any atom is -0.356 e. The van der Waals surface area contributed by atoms with Crippen LogP contribution in [0.1, 0.15) is 13.3 Å². The first-order valence-corrected chi connectivity index (χ1v) is 4.91. The molecule has 1 aliphatic heterocycles. The van der Waals surface area contributed by atoms with Gasteiger partial charge in [0.25, 0.3) is 0 Å². The molecule has 0 atom stereocenters. The van der Waals surface area contributed by atoms with Gasteiger partial charge in [0.2, 0.25) is 5.91 Å². The van der Waals surface area contributed by atoms with Crippen LogP contribution in [-0.2, 0) is 4.79 Å². The monoisotopic (exact) mass is 185 g/mol. The summed E-state index contributed by atoms with van der Waals surface area (Å²) in [5.41, 5.74) is 0. The van der Waals surface area contributed by atoms with Crippen molar-refractivity contribution in [2.45, 2.75) is 19.4 Å². The Morgan fingerprint density at radius 1 is 1.62 bits per heavy atom. The zero-order valence-electron chi connectivity index (χ0n) is 8.47. The highest BCUT2D eigenvalue weighted by Crippen LogP contribution is 2.02. The molecule has 4 heteroatoms. The van der Waals surface area contributed by atoms with E-state index in [1.807, 2.05) is 6.92 Å². The van der Waals surface area contributed by atoms with Crippen LogP contribution in [0.5, 0.6) is 0 Å². The standard InChI is InChI=1S/C9H19N3O/c1-3-11-9(13)4-5-12(2)8-6-10-7-8/h8,10H,3-7H2,1-2H3,(H,11,13). The molecule has 2 N–H and O–H groups in total. The predicted molar refractivity (Wildman–Crippen MR) is 52.6 cm³/mol. The Hall–Kier alpha value is -0.610. The van der Waals surface area contributed by atoms with Gasteiger partial charge in [0.05, 0.1) is 0 Å². The van der Waals surface area contributed by atoms with Gasteiger partial charge in [-0.15, -0.1) is 0 Å². The average molecular weight is 185 g/mol. The van der Waals surface area contributed by atoms with Crippen molar-refractivity contribution in [1.82, 2.24) is 15.5 Å². The molecule has 0 aromatic heterocycles. The number of hydrogen-bond donors (Lipinski definition) is 2. The summed E-state index contributed by atoms with van der Waals surface area (Å²) in [6.07, 6.45) is 0.612. The van der Waals surface area contributed by atoms with Crippen molar-refractivity contribution in [2.75, 3.05) is 33.2 Å². The normalized spacial score (nSPS) is 17.2. The van der Waals surface area contributed by atoms with Gasteiger partial charge in [-0.25, -0.2) is 0 Å². The van der Waals surface area contributed by atoms with Crippen molar-refractivity contribution in [3.8, 4) is 0 Å². The van der Waals surface area contributed by atoms with Crippen LogP contribution in [0.25, 0.3) is 0 Å². The van der Waals surface area contributed by atoms with Gasteiger partial charge in [0.1, 0.15) is 0 Å². The lowest BCUT2D eigenvalue weighted by atomic mass is 10.1. The Morgan fingerprint density at radius 3 is 2.77 bits per heavy atom.